The minimum Gasteiger partial charge on any atom is -0.273 e. The topological polar surface area (TPSA) is 54.4 Å². The fourth-order valence-electron chi connectivity index (χ4n) is 2.71. The van der Waals surface area contributed by atoms with Gasteiger partial charge in [-0.05, 0) is 49.9 Å². The van der Waals surface area contributed by atoms with E-state index in [4.69, 9.17) is 0 Å². The monoisotopic (exact) mass is 345 g/mol. The van der Waals surface area contributed by atoms with Crippen molar-refractivity contribution in [2.24, 2.45) is 5.10 Å². The molecule has 1 saturated carbocycles. The molecular formula is C18H20FN3OS. The Kier molecular flexibility index (Phi) is 5.69. The summed E-state index contributed by atoms with van der Waals surface area (Å²) in [7, 11) is 0. The van der Waals surface area contributed by atoms with Crippen LogP contribution in [0.2, 0.25) is 0 Å². The van der Waals surface area contributed by atoms with Crippen molar-refractivity contribution in [1.82, 2.24) is 10.4 Å². The standard InChI is InChI=1S/C18H20FN3OS/c19-14-9-7-13(8-10-14)18-20-16(12-24-18)11-17(23)22-21-15-5-3-1-2-4-6-15/h7-10,12H,1-6,11H2,(H,22,23). The van der Waals surface area contributed by atoms with Crippen molar-refractivity contribution in [2.45, 2.75) is 44.9 Å². The molecule has 24 heavy (non-hydrogen) atoms. The van der Waals surface area contributed by atoms with Crippen molar-refractivity contribution >= 4 is 23.0 Å². The van der Waals surface area contributed by atoms with Crippen molar-refractivity contribution in [3.63, 3.8) is 0 Å². The van der Waals surface area contributed by atoms with Gasteiger partial charge in [-0.3, -0.25) is 4.79 Å². The molecule has 1 aromatic heterocycles. The Hall–Kier alpha value is -2.08. The van der Waals surface area contributed by atoms with Crippen molar-refractivity contribution in [3.05, 3.63) is 41.2 Å². The van der Waals surface area contributed by atoms with Crippen LogP contribution < -0.4 is 5.43 Å². The lowest BCUT2D eigenvalue weighted by Crippen LogP contribution is -2.21. The van der Waals surface area contributed by atoms with E-state index in [1.165, 1.54) is 36.3 Å². The Morgan fingerprint density at radius 3 is 2.58 bits per heavy atom. The summed E-state index contributed by atoms with van der Waals surface area (Å²) in [6.07, 6.45) is 6.96. The minimum atomic E-state index is -0.271. The normalized spacial score (nSPS) is 15.0. The predicted octanol–water partition coefficient (Wildman–Crippen LogP) is 4.32. The number of amides is 1. The molecule has 1 fully saturated rings. The molecule has 0 radical (unpaired) electrons. The molecule has 2 aromatic rings. The minimum absolute atomic E-state index is 0.150. The first-order chi connectivity index (χ1) is 11.7. The second-order valence-electron chi connectivity index (χ2n) is 5.95. The third-order valence-electron chi connectivity index (χ3n) is 4.00. The Morgan fingerprint density at radius 2 is 1.88 bits per heavy atom. The van der Waals surface area contributed by atoms with E-state index in [-0.39, 0.29) is 18.1 Å². The molecule has 1 N–H and O–H groups in total. The van der Waals surface area contributed by atoms with Gasteiger partial charge in [0.05, 0.1) is 12.1 Å². The maximum absolute atomic E-state index is 13.0. The van der Waals surface area contributed by atoms with Gasteiger partial charge in [-0.15, -0.1) is 11.3 Å². The summed E-state index contributed by atoms with van der Waals surface area (Å²) in [5.74, 6) is -0.421. The summed E-state index contributed by atoms with van der Waals surface area (Å²) < 4.78 is 13.0. The molecule has 1 heterocycles. The van der Waals surface area contributed by atoms with E-state index < -0.39 is 0 Å². The number of aromatic nitrogens is 1. The van der Waals surface area contributed by atoms with Gasteiger partial charge in [0.2, 0.25) is 5.91 Å². The number of hydrogen-bond acceptors (Lipinski definition) is 4. The summed E-state index contributed by atoms with van der Waals surface area (Å²) in [4.78, 5) is 16.5. The van der Waals surface area contributed by atoms with Crippen molar-refractivity contribution in [3.8, 4) is 10.6 Å². The van der Waals surface area contributed by atoms with Gasteiger partial charge in [-0.1, -0.05) is 12.8 Å². The molecule has 126 valence electrons. The zero-order valence-electron chi connectivity index (χ0n) is 13.4. The predicted molar refractivity (Wildman–Crippen MR) is 94.5 cm³/mol. The first kappa shape index (κ1) is 16.8. The second-order valence-corrected chi connectivity index (χ2v) is 6.81. The maximum Gasteiger partial charge on any atom is 0.246 e. The molecule has 0 bridgehead atoms. The highest BCUT2D eigenvalue weighted by molar-refractivity contribution is 7.13. The molecule has 0 saturated heterocycles. The fraction of sp³-hybridized carbons (Fsp3) is 0.389. The highest BCUT2D eigenvalue weighted by atomic mass is 32.1. The van der Waals surface area contributed by atoms with Crippen molar-refractivity contribution in [2.75, 3.05) is 0 Å². The van der Waals surface area contributed by atoms with Crippen LogP contribution >= 0.6 is 11.3 Å². The number of carbonyl (C=O) groups excluding carboxylic acids is 1. The molecule has 6 heteroatoms. The van der Waals surface area contributed by atoms with E-state index in [1.807, 2.05) is 5.38 Å². The summed E-state index contributed by atoms with van der Waals surface area (Å²) >= 11 is 1.45. The zero-order valence-corrected chi connectivity index (χ0v) is 14.2. The SMILES string of the molecule is O=C(Cc1csc(-c2ccc(F)cc2)n1)NN=C1CCCCCC1. The molecule has 0 spiro atoms. The molecule has 0 atom stereocenters. The van der Waals surface area contributed by atoms with Gasteiger partial charge < -0.3 is 0 Å². The largest absolute Gasteiger partial charge is 0.273 e. The molecule has 4 nitrogen and oxygen atoms in total. The van der Waals surface area contributed by atoms with E-state index >= 15 is 0 Å². The Labute approximate surface area is 144 Å². The molecular weight excluding hydrogens is 325 g/mol. The van der Waals surface area contributed by atoms with Gasteiger partial charge in [-0.25, -0.2) is 14.8 Å². The van der Waals surface area contributed by atoms with Crippen LogP contribution in [0.3, 0.4) is 0 Å². The van der Waals surface area contributed by atoms with Crippen LogP contribution in [0.4, 0.5) is 4.39 Å². The second kappa shape index (κ2) is 8.15. The van der Waals surface area contributed by atoms with Crippen LogP contribution in [0, 0.1) is 5.82 Å². The molecule has 1 aromatic carbocycles. The number of nitrogens with one attached hydrogen (secondary N) is 1. The average molecular weight is 345 g/mol. The van der Waals surface area contributed by atoms with Gasteiger partial charge >= 0.3 is 0 Å². The van der Waals surface area contributed by atoms with Crippen LogP contribution in [-0.4, -0.2) is 16.6 Å². The van der Waals surface area contributed by atoms with E-state index in [0.29, 0.717) is 5.69 Å². The van der Waals surface area contributed by atoms with E-state index in [9.17, 15) is 9.18 Å². The highest BCUT2D eigenvalue weighted by Crippen LogP contribution is 2.24. The Bertz CT molecular complexity index is 714. The van der Waals surface area contributed by atoms with Crippen LogP contribution in [0.1, 0.15) is 44.2 Å². The molecule has 1 amide bonds. The quantitative estimate of drug-likeness (QED) is 0.663. The number of benzene rings is 1. The molecule has 3 rings (SSSR count). The Morgan fingerprint density at radius 1 is 1.17 bits per heavy atom. The first-order valence-corrected chi connectivity index (χ1v) is 9.13. The number of carbonyl (C=O) groups is 1. The molecule has 1 aliphatic rings. The average Bonchev–Trinajstić information content (AvgIpc) is 2.88. The molecule has 0 unspecified atom stereocenters. The smallest absolute Gasteiger partial charge is 0.246 e. The number of halogens is 1. The van der Waals surface area contributed by atoms with Gasteiger partial charge in [0.15, 0.2) is 0 Å². The first-order valence-electron chi connectivity index (χ1n) is 8.25. The number of hydrogen-bond donors (Lipinski definition) is 1. The van der Waals surface area contributed by atoms with Gasteiger partial charge in [0.1, 0.15) is 10.8 Å². The van der Waals surface area contributed by atoms with Crippen LogP contribution in [0.15, 0.2) is 34.7 Å². The maximum atomic E-state index is 13.0. The molecule has 0 aliphatic heterocycles. The number of hydrazone groups is 1. The van der Waals surface area contributed by atoms with Crippen molar-refractivity contribution in [1.29, 1.82) is 0 Å². The van der Waals surface area contributed by atoms with Crippen LogP contribution in [0.25, 0.3) is 10.6 Å². The lowest BCUT2D eigenvalue weighted by atomic mass is 10.2. The summed E-state index contributed by atoms with van der Waals surface area (Å²) in [6.45, 7) is 0. The summed E-state index contributed by atoms with van der Waals surface area (Å²) in [6, 6.07) is 6.20. The molecule has 1 aliphatic carbocycles. The fourth-order valence-corrected chi connectivity index (χ4v) is 3.53. The zero-order chi connectivity index (χ0) is 16.8. The van der Waals surface area contributed by atoms with Gasteiger partial charge in [0.25, 0.3) is 0 Å². The summed E-state index contributed by atoms with van der Waals surface area (Å²) in [5.41, 5.74) is 5.30. The lowest BCUT2D eigenvalue weighted by molar-refractivity contribution is -0.120. The summed E-state index contributed by atoms with van der Waals surface area (Å²) in [5, 5.41) is 6.91. The third kappa shape index (κ3) is 4.71. The number of rotatable bonds is 4. The number of nitrogens with zero attached hydrogens (tertiary/aromatic N) is 2. The third-order valence-corrected chi connectivity index (χ3v) is 4.94. The van der Waals surface area contributed by atoms with Crippen molar-refractivity contribution < 1.29 is 9.18 Å². The number of thiazole rings is 1. The van der Waals surface area contributed by atoms with Gasteiger partial charge in [0, 0.05) is 16.7 Å². The van der Waals surface area contributed by atoms with Crippen LogP contribution in [-0.2, 0) is 11.2 Å². The van der Waals surface area contributed by atoms with E-state index in [0.717, 1.165) is 42.0 Å². The Balaban J connectivity index is 1.57. The van der Waals surface area contributed by atoms with Gasteiger partial charge in [-0.2, -0.15) is 5.10 Å². The van der Waals surface area contributed by atoms with E-state index in [2.05, 4.69) is 15.5 Å². The highest BCUT2D eigenvalue weighted by Gasteiger charge is 2.10. The van der Waals surface area contributed by atoms with E-state index in [1.54, 1.807) is 12.1 Å². The lowest BCUT2D eigenvalue weighted by Gasteiger charge is -2.02. The van der Waals surface area contributed by atoms with Crippen LogP contribution in [0.5, 0.6) is 0 Å².